The molecule has 3 aromatic heterocycles. The summed E-state index contributed by atoms with van der Waals surface area (Å²) in [5.41, 5.74) is 11.7. The van der Waals surface area contributed by atoms with Crippen LogP contribution in [0.5, 0.6) is 0 Å². The van der Waals surface area contributed by atoms with E-state index in [1.165, 1.54) is 22.3 Å². The van der Waals surface area contributed by atoms with Gasteiger partial charge in [-0.05, 0) is 34.9 Å². The molecule has 0 unspecified atom stereocenters. The topological polar surface area (TPSA) is 80.5 Å². The number of benzene rings is 7. The summed E-state index contributed by atoms with van der Waals surface area (Å²) in [6, 6.07) is 54.2. The Bertz CT molecular complexity index is 3180. The minimum atomic E-state index is -0.205. The molecule has 0 atom stereocenters. The fourth-order valence-electron chi connectivity index (χ4n) is 8.77. The molecule has 0 radical (unpaired) electrons. The summed E-state index contributed by atoms with van der Waals surface area (Å²) < 4.78 is 9.20. The fourth-order valence-corrected chi connectivity index (χ4v) is 8.77. The van der Waals surface area contributed by atoms with Gasteiger partial charge in [0.1, 0.15) is 17.3 Å². The maximum atomic E-state index is 11.2. The SMILES string of the molecule is CC1(C)c2ccccc2-c2c1ccc1c3ccccc3n(-c3c(C#N)cc(-c4nc(-c5ccccc5)nc(-c5ccccc5)n4)c4c3oc3ccccc34)c21. The molecule has 3 heterocycles. The van der Waals surface area contributed by atoms with Gasteiger partial charge in [0.25, 0.3) is 0 Å². The van der Waals surface area contributed by atoms with Crippen molar-refractivity contribution < 1.29 is 4.42 Å². The van der Waals surface area contributed by atoms with Gasteiger partial charge in [0, 0.05) is 49.2 Å². The molecule has 0 saturated carbocycles. The van der Waals surface area contributed by atoms with Gasteiger partial charge < -0.3 is 8.98 Å². The zero-order valence-electron chi connectivity index (χ0n) is 30.1. The summed E-state index contributed by atoms with van der Waals surface area (Å²) in [6.45, 7) is 4.59. The predicted octanol–water partition coefficient (Wildman–Crippen LogP) is 12.0. The number of rotatable bonds is 4. The minimum absolute atomic E-state index is 0.205. The average Bonchev–Trinajstić information content (AvgIpc) is 3.87. The zero-order valence-corrected chi connectivity index (χ0v) is 30.1. The van der Waals surface area contributed by atoms with Gasteiger partial charge in [0.15, 0.2) is 23.1 Å². The molecule has 0 amide bonds. The minimum Gasteiger partial charge on any atom is -0.454 e. The molecule has 10 aromatic rings. The zero-order chi connectivity index (χ0) is 36.8. The molecule has 1 aliphatic carbocycles. The third-order valence-corrected chi connectivity index (χ3v) is 11.3. The second-order valence-corrected chi connectivity index (χ2v) is 14.7. The Balaban J connectivity index is 1.29. The molecule has 6 nitrogen and oxygen atoms in total. The summed E-state index contributed by atoms with van der Waals surface area (Å²) in [6.07, 6.45) is 0. The Kier molecular flexibility index (Phi) is 6.56. The third kappa shape index (κ3) is 4.44. The molecule has 0 N–H and O–H groups in total. The van der Waals surface area contributed by atoms with E-state index in [4.69, 9.17) is 19.4 Å². The van der Waals surface area contributed by atoms with Gasteiger partial charge in [-0.3, -0.25) is 0 Å². The Labute approximate surface area is 316 Å². The Hall–Kier alpha value is -7.36. The van der Waals surface area contributed by atoms with Crippen molar-refractivity contribution in [3.8, 4) is 57.0 Å². The first-order valence-corrected chi connectivity index (χ1v) is 18.4. The lowest BCUT2D eigenvalue weighted by Crippen LogP contribution is -2.14. The first kappa shape index (κ1) is 31.2. The highest BCUT2D eigenvalue weighted by Gasteiger charge is 2.38. The van der Waals surface area contributed by atoms with Crippen LogP contribution in [0.25, 0.3) is 94.7 Å². The summed E-state index contributed by atoms with van der Waals surface area (Å²) in [5, 5.41) is 15.2. The number of fused-ring (bicyclic) bond motifs is 10. The second-order valence-electron chi connectivity index (χ2n) is 14.7. The van der Waals surface area contributed by atoms with Crippen molar-refractivity contribution in [1.82, 2.24) is 19.5 Å². The van der Waals surface area contributed by atoms with Crippen molar-refractivity contribution in [2.24, 2.45) is 0 Å². The second kappa shape index (κ2) is 11.6. The van der Waals surface area contributed by atoms with Gasteiger partial charge in [-0.2, -0.15) is 5.26 Å². The van der Waals surface area contributed by atoms with E-state index < -0.39 is 0 Å². The number of furan rings is 1. The van der Waals surface area contributed by atoms with Gasteiger partial charge in [-0.15, -0.1) is 0 Å². The Morgan fingerprint density at radius 3 is 1.93 bits per heavy atom. The summed E-state index contributed by atoms with van der Waals surface area (Å²) in [5.74, 6) is 1.56. The highest BCUT2D eigenvalue weighted by atomic mass is 16.3. The van der Waals surface area contributed by atoms with Crippen molar-refractivity contribution in [2.45, 2.75) is 19.3 Å². The van der Waals surface area contributed by atoms with E-state index in [2.05, 4.69) is 91.2 Å². The van der Waals surface area contributed by atoms with Crippen LogP contribution in [-0.2, 0) is 5.41 Å². The maximum Gasteiger partial charge on any atom is 0.164 e. The lowest BCUT2D eigenvalue weighted by atomic mass is 9.82. The number of para-hydroxylation sites is 2. The molecule has 55 heavy (non-hydrogen) atoms. The van der Waals surface area contributed by atoms with E-state index in [9.17, 15) is 5.26 Å². The lowest BCUT2D eigenvalue weighted by molar-refractivity contribution is 0.660. The van der Waals surface area contributed by atoms with Gasteiger partial charge in [-0.25, -0.2) is 15.0 Å². The highest BCUT2D eigenvalue weighted by molar-refractivity contribution is 6.19. The van der Waals surface area contributed by atoms with Crippen LogP contribution in [0.15, 0.2) is 156 Å². The first-order valence-electron chi connectivity index (χ1n) is 18.4. The molecule has 0 spiro atoms. The Morgan fingerprint density at radius 2 is 1.20 bits per heavy atom. The van der Waals surface area contributed by atoms with Gasteiger partial charge in [0.05, 0.1) is 16.6 Å². The number of nitriles is 1. The van der Waals surface area contributed by atoms with Crippen molar-refractivity contribution in [1.29, 1.82) is 5.26 Å². The van der Waals surface area contributed by atoms with Gasteiger partial charge >= 0.3 is 0 Å². The molecule has 0 aliphatic heterocycles. The molecule has 1 aliphatic rings. The number of hydrogen-bond donors (Lipinski definition) is 0. The van der Waals surface area contributed by atoms with E-state index in [-0.39, 0.29) is 5.41 Å². The lowest BCUT2D eigenvalue weighted by Gasteiger charge is -2.21. The van der Waals surface area contributed by atoms with E-state index >= 15 is 0 Å². The Morgan fingerprint density at radius 1 is 0.582 bits per heavy atom. The van der Waals surface area contributed by atoms with E-state index in [1.54, 1.807) is 0 Å². The molecular formula is C49H31N5O. The quantitative estimate of drug-likeness (QED) is 0.182. The smallest absolute Gasteiger partial charge is 0.164 e. The predicted molar refractivity (Wildman–Crippen MR) is 220 cm³/mol. The van der Waals surface area contributed by atoms with Crippen LogP contribution >= 0.6 is 0 Å². The number of nitrogens with zero attached hydrogens (tertiary/aromatic N) is 5. The fraction of sp³-hybridized carbons (Fsp3) is 0.0612. The summed E-state index contributed by atoms with van der Waals surface area (Å²) in [4.78, 5) is 15.2. The van der Waals surface area contributed by atoms with Crippen LogP contribution in [-0.4, -0.2) is 19.5 Å². The first-order chi connectivity index (χ1) is 27.0. The van der Waals surface area contributed by atoms with Crippen LogP contribution in [0.4, 0.5) is 0 Å². The van der Waals surface area contributed by atoms with Crippen LogP contribution in [0.1, 0.15) is 30.5 Å². The molecular weight excluding hydrogens is 675 g/mol. The number of hydrogen-bond acceptors (Lipinski definition) is 5. The van der Waals surface area contributed by atoms with Gasteiger partial charge in [-0.1, -0.05) is 147 Å². The van der Waals surface area contributed by atoms with E-state index in [1.807, 2.05) is 84.9 Å². The van der Waals surface area contributed by atoms with E-state index in [0.29, 0.717) is 45.5 Å². The molecule has 7 aromatic carbocycles. The third-order valence-electron chi connectivity index (χ3n) is 11.3. The molecule has 0 saturated heterocycles. The average molecular weight is 706 g/mol. The van der Waals surface area contributed by atoms with Crippen LogP contribution in [0.3, 0.4) is 0 Å². The largest absolute Gasteiger partial charge is 0.454 e. The molecule has 6 heteroatoms. The van der Waals surface area contributed by atoms with Crippen molar-refractivity contribution in [2.75, 3.05) is 0 Å². The van der Waals surface area contributed by atoms with Crippen LogP contribution < -0.4 is 0 Å². The molecule has 11 rings (SSSR count). The van der Waals surface area contributed by atoms with Crippen LogP contribution in [0.2, 0.25) is 0 Å². The standard InChI is InChI=1S/C49H31N5O/c1-49(2)37-22-12-9-20-34(37)42-38(49)26-25-33-32-19-10-13-23-39(32)54(44(33)42)43-31(28-50)27-36(41-35-21-11-14-24-40(35)55-45(41)43)48-52-46(29-15-5-3-6-16-29)51-47(53-48)30-17-7-4-8-18-30/h3-27H,1-2H3. The van der Waals surface area contributed by atoms with Crippen molar-refractivity contribution in [3.63, 3.8) is 0 Å². The summed E-state index contributed by atoms with van der Waals surface area (Å²) in [7, 11) is 0. The molecule has 0 fully saturated rings. The van der Waals surface area contributed by atoms with Crippen LogP contribution in [0, 0.1) is 11.3 Å². The number of aromatic nitrogens is 4. The molecule has 0 bridgehead atoms. The highest BCUT2D eigenvalue weighted by Crippen LogP contribution is 2.53. The normalized spacial score (nSPS) is 13.0. The van der Waals surface area contributed by atoms with Crippen molar-refractivity contribution >= 4 is 43.7 Å². The monoisotopic (exact) mass is 705 g/mol. The molecule has 258 valence electrons. The van der Waals surface area contributed by atoms with Crippen molar-refractivity contribution in [3.05, 3.63) is 168 Å². The maximum absolute atomic E-state index is 11.2. The summed E-state index contributed by atoms with van der Waals surface area (Å²) >= 11 is 0. The van der Waals surface area contributed by atoms with Gasteiger partial charge in [0.2, 0.25) is 0 Å². The van der Waals surface area contributed by atoms with E-state index in [0.717, 1.165) is 43.7 Å².